The normalized spacial score (nSPS) is 15.8. The molecule has 0 spiro atoms. The van der Waals surface area contributed by atoms with E-state index in [2.05, 4.69) is 39.1 Å². The lowest BCUT2D eigenvalue weighted by Crippen LogP contribution is -2.32. The smallest absolute Gasteiger partial charge is 0.255 e. The summed E-state index contributed by atoms with van der Waals surface area (Å²) in [6, 6.07) is 4.58. The van der Waals surface area contributed by atoms with E-state index in [0.717, 1.165) is 31.4 Å². The molecule has 0 aromatic carbocycles. The number of hydrogen-bond acceptors (Lipinski definition) is 2. The third-order valence-electron chi connectivity index (χ3n) is 3.62. The van der Waals surface area contributed by atoms with Crippen LogP contribution in [0.25, 0.3) is 0 Å². The Morgan fingerprint density at radius 3 is 2.53 bits per heavy atom. The summed E-state index contributed by atoms with van der Waals surface area (Å²) in [5.74, 6) is 0. The third kappa shape index (κ3) is 3.27. The van der Waals surface area contributed by atoms with Gasteiger partial charge < -0.3 is 9.88 Å². The fraction of sp³-hybridized carbons (Fsp3) is 0.688. The van der Waals surface area contributed by atoms with E-state index in [1.807, 2.05) is 10.6 Å². The van der Waals surface area contributed by atoms with Crippen molar-refractivity contribution < 1.29 is 0 Å². The zero-order valence-corrected chi connectivity index (χ0v) is 12.6. The lowest BCUT2D eigenvalue weighted by Gasteiger charge is -2.25. The first-order valence-corrected chi connectivity index (χ1v) is 7.40. The Morgan fingerprint density at radius 2 is 2.00 bits per heavy atom. The lowest BCUT2D eigenvalue weighted by atomic mass is 9.90. The molecule has 106 valence electrons. The quantitative estimate of drug-likeness (QED) is 0.828. The molecule has 0 radical (unpaired) electrons. The van der Waals surface area contributed by atoms with Crippen molar-refractivity contribution in [1.82, 2.24) is 9.88 Å². The van der Waals surface area contributed by atoms with Crippen LogP contribution < -0.4 is 10.9 Å². The summed E-state index contributed by atoms with van der Waals surface area (Å²) in [7, 11) is 0. The van der Waals surface area contributed by atoms with Gasteiger partial charge in [0.05, 0.1) is 0 Å². The summed E-state index contributed by atoms with van der Waals surface area (Å²) in [5.41, 5.74) is 2.29. The van der Waals surface area contributed by atoms with E-state index in [0.29, 0.717) is 12.6 Å². The monoisotopic (exact) mass is 262 g/mol. The van der Waals surface area contributed by atoms with E-state index >= 15 is 0 Å². The summed E-state index contributed by atoms with van der Waals surface area (Å²) in [5, 5.41) is 3.32. The van der Waals surface area contributed by atoms with Crippen LogP contribution in [0.4, 0.5) is 0 Å². The van der Waals surface area contributed by atoms with Crippen molar-refractivity contribution in [3.63, 3.8) is 0 Å². The average Bonchev–Trinajstić information content (AvgIpc) is 3.13. The first kappa shape index (κ1) is 14.3. The topological polar surface area (TPSA) is 34.0 Å². The van der Waals surface area contributed by atoms with Gasteiger partial charge in [-0.15, -0.1) is 0 Å². The minimum Gasteiger partial charge on any atom is -0.312 e. The molecule has 0 bridgehead atoms. The minimum absolute atomic E-state index is 0.0249. The maximum absolute atomic E-state index is 12.6. The molecule has 0 saturated heterocycles. The second-order valence-corrected chi connectivity index (χ2v) is 6.58. The van der Waals surface area contributed by atoms with Crippen molar-refractivity contribution in [2.75, 3.05) is 6.54 Å². The van der Waals surface area contributed by atoms with Gasteiger partial charge in [0.2, 0.25) is 0 Å². The largest absolute Gasteiger partial charge is 0.312 e. The third-order valence-corrected chi connectivity index (χ3v) is 3.62. The summed E-state index contributed by atoms with van der Waals surface area (Å²) in [6.07, 6.45) is 3.39. The predicted octanol–water partition coefficient (Wildman–Crippen LogP) is 2.98. The number of pyridine rings is 1. The Labute approximate surface area is 116 Å². The molecule has 1 aromatic rings. The number of hydrogen-bond donors (Lipinski definition) is 1. The molecule has 3 nitrogen and oxygen atoms in total. The summed E-state index contributed by atoms with van der Waals surface area (Å²) < 4.78 is 2.04. The van der Waals surface area contributed by atoms with E-state index in [-0.39, 0.29) is 11.0 Å². The maximum Gasteiger partial charge on any atom is 0.255 e. The van der Waals surface area contributed by atoms with Crippen LogP contribution in [-0.2, 0) is 12.0 Å². The van der Waals surface area contributed by atoms with Crippen molar-refractivity contribution in [1.29, 1.82) is 0 Å². The summed E-state index contributed by atoms with van der Waals surface area (Å²) in [6.45, 7) is 10.3. The Balaban J connectivity index is 2.34. The molecule has 0 unspecified atom stereocenters. The highest BCUT2D eigenvalue weighted by Crippen LogP contribution is 2.37. The van der Waals surface area contributed by atoms with Gasteiger partial charge in [0.25, 0.3) is 5.56 Å². The van der Waals surface area contributed by atoms with E-state index in [9.17, 15) is 4.79 Å². The minimum atomic E-state index is 0.0249. The highest BCUT2D eigenvalue weighted by atomic mass is 16.1. The van der Waals surface area contributed by atoms with Crippen LogP contribution in [-0.4, -0.2) is 11.1 Å². The van der Waals surface area contributed by atoms with E-state index in [1.165, 1.54) is 5.69 Å². The Kier molecular flexibility index (Phi) is 4.14. The maximum atomic E-state index is 12.6. The molecule has 1 saturated carbocycles. The van der Waals surface area contributed by atoms with Crippen molar-refractivity contribution in [2.24, 2.45) is 0 Å². The van der Waals surface area contributed by atoms with Gasteiger partial charge in [-0.2, -0.15) is 0 Å². The summed E-state index contributed by atoms with van der Waals surface area (Å²) in [4.78, 5) is 12.6. The van der Waals surface area contributed by atoms with Gasteiger partial charge in [0, 0.05) is 29.3 Å². The molecule has 19 heavy (non-hydrogen) atoms. The molecule has 1 N–H and O–H groups in total. The molecule has 0 atom stereocenters. The van der Waals surface area contributed by atoms with Crippen LogP contribution >= 0.6 is 0 Å². The molecular weight excluding hydrogens is 236 g/mol. The van der Waals surface area contributed by atoms with Gasteiger partial charge >= 0.3 is 0 Å². The van der Waals surface area contributed by atoms with Crippen molar-refractivity contribution >= 4 is 0 Å². The number of nitrogens with one attached hydrogen (secondary N) is 1. The molecule has 1 aromatic heterocycles. The highest BCUT2D eigenvalue weighted by Gasteiger charge is 2.30. The molecule has 1 aliphatic carbocycles. The first-order chi connectivity index (χ1) is 8.95. The zero-order valence-electron chi connectivity index (χ0n) is 12.6. The highest BCUT2D eigenvalue weighted by molar-refractivity contribution is 5.23. The van der Waals surface area contributed by atoms with E-state index in [4.69, 9.17) is 0 Å². The molecule has 0 aliphatic heterocycles. The number of aromatic nitrogens is 1. The van der Waals surface area contributed by atoms with Crippen LogP contribution in [0.1, 0.15) is 64.3 Å². The van der Waals surface area contributed by atoms with Gasteiger partial charge in [0.15, 0.2) is 0 Å². The lowest BCUT2D eigenvalue weighted by molar-refractivity contribution is 0.501. The van der Waals surface area contributed by atoms with Crippen LogP contribution in [0.2, 0.25) is 0 Å². The van der Waals surface area contributed by atoms with Crippen molar-refractivity contribution in [2.45, 2.75) is 65.0 Å². The average molecular weight is 262 g/mol. The molecule has 1 heterocycles. The van der Waals surface area contributed by atoms with Crippen LogP contribution in [0, 0.1) is 0 Å². The fourth-order valence-corrected chi connectivity index (χ4v) is 2.44. The zero-order chi connectivity index (χ0) is 14.0. The van der Waals surface area contributed by atoms with Gasteiger partial charge in [-0.25, -0.2) is 0 Å². The molecular formula is C16H26N2O. The fourth-order valence-electron chi connectivity index (χ4n) is 2.44. The first-order valence-electron chi connectivity index (χ1n) is 7.40. The Hall–Kier alpha value is -1.09. The Morgan fingerprint density at radius 1 is 1.32 bits per heavy atom. The van der Waals surface area contributed by atoms with Gasteiger partial charge in [-0.05, 0) is 31.9 Å². The molecule has 0 amide bonds. The second-order valence-electron chi connectivity index (χ2n) is 6.58. The predicted molar refractivity (Wildman–Crippen MR) is 79.7 cm³/mol. The summed E-state index contributed by atoms with van der Waals surface area (Å²) >= 11 is 0. The Bertz CT molecular complexity index is 492. The molecule has 1 fully saturated rings. The van der Waals surface area contributed by atoms with Crippen molar-refractivity contribution in [3.8, 4) is 0 Å². The molecule has 3 heteroatoms. The van der Waals surface area contributed by atoms with Crippen LogP contribution in [0.15, 0.2) is 16.9 Å². The van der Waals surface area contributed by atoms with Gasteiger partial charge in [-0.3, -0.25) is 4.79 Å². The molecule has 2 rings (SSSR count). The van der Waals surface area contributed by atoms with Gasteiger partial charge in [-0.1, -0.05) is 33.8 Å². The number of nitrogens with zero attached hydrogens (tertiary/aromatic N) is 1. The van der Waals surface area contributed by atoms with E-state index in [1.54, 1.807) is 0 Å². The van der Waals surface area contributed by atoms with Crippen molar-refractivity contribution in [3.05, 3.63) is 33.7 Å². The second kappa shape index (κ2) is 5.49. The molecule has 1 aliphatic rings. The van der Waals surface area contributed by atoms with E-state index < -0.39 is 0 Å². The van der Waals surface area contributed by atoms with Gasteiger partial charge in [0.1, 0.15) is 0 Å². The van der Waals surface area contributed by atoms with Crippen LogP contribution in [0.3, 0.4) is 0 Å². The SMILES string of the molecule is CCCNCc1ccc(C(C)(C)C)n(C2CC2)c1=O. The van der Waals surface area contributed by atoms with Crippen LogP contribution in [0.5, 0.6) is 0 Å². The number of rotatable bonds is 5. The standard InChI is InChI=1S/C16H26N2O/c1-5-10-17-11-12-6-9-14(16(2,3)4)18(15(12)19)13-7-8-13/h6,9,13,17H,5,7-8,10-11H2,1-4H3.